The van der Waals surface area contributed by atoms with Gasteiger partial charge < -0.3 is 9.84 Å². The molecular formula is C12H13NO5S. The second-order valence-corrected chi connectivity index (χ2v) is 4.76. The summed E-state index contributed by atoms with van der Waals surface area (Å²) < 4.78 is 11.1. The largest absolute Gasteiger partial charge is 0.464 e. The summed E-state index contributed by atoms with van der Waals surface area (Å²) in [5.74, 6) is -0.608. The van der Waals surface area contributed by atoms with Crippen molar-refractivity contribution in [2.24, 2.45) is 0 Å². The first-order chi connectivity index (χ1) is 9.09. The molecule has 1 fully saturated rings. The minimum Gasteiger partial charge on any atom is -0.464 e. The zero-order valence-electron chi connectivity index (χ0n) is 10.2. The van der Waals surface area contributed by atoms with Crippen LogP contribution in [0.4, 0.5) is 4.79 Å². The zero-order chi connectivity index (χ0) is 13.8. The smallest absolute Gasteiger partial charge is 0.420 e. The summed E-state index contributed by atoms with van der Waals surface area (Å²) in [5, 5.41) is 8.95. The molecule has 2 rings (SSSR count). The van der Waals surface area contributed by atoms with Gasteiger partial charge in [-0.25, -0.2) is 13.9 Å². The van der Waals surface area contributed by atoms with Gasteiger partial charge in [0.05, 0.1) is 0 Å². The molecule has 0 spiro atoms. The van der Waals surface area contributed by atoms with Gasteiger partial charge in [0.2, 0.25) is 0 Å². The molecule has 2 atom stereocenters. The van der Waals surface area contributed by atoms with E-state index in [1.54, 1.807) is 6.92 Å². The lowest BCUT2D eigenvalue weighted by molar-refractivity contribution is -0.150. The van der Waals surface area contributed by atoms with E-state index < -0.39 is 24.2 Å². The van der Waals surface area contributed by atoms with Crippen molar-refractivity contribution in [1.29, 1.82) is 0 Å². The molecule has 1 amide bonds. The Morgan fingerprint density at radius 3 is 2.74 bits per heavy atom. The van der Waals surface area contributed by atoms with Gasteiger partial charge >= 0.3 is 12.1 Å². The van der Waals surface area contributed by atoms with E-state index >= 15 is 0 Å². The first-order valence-electron chi connectivity index (χ1n) is 5.65. The quantitative estimate of drug-likeness (QED) is 0.520. The molecule has 1 saturated heterocycles. The van der Waals surface area contributed by atoms with Crippen molar-refractivity contribution in [3.8, 4) is 0 Å². The fourth-order valence-electron chi connectivity index (χ4n) is 1.66. The monoisotopic (exact) mass is 283 g/mol. The van der Waals surface area contributed by atoms with Gasteiger partial charge in [0, 0.05) is 0 Å². The minimum absolute atomic E-state index is 0.112. The van der Waals surface area contributed by atoms with Crippen LogP contribution in [0.1, 0.15) is 12.5 Å². The van der Waals surface area contributed by atoms with E-state index in [1.807, 2.05) is 30.3 Å². The Morgan fingerprint density at radius 2 is 2.11 bits per heavy atom. The van der Waals surface area contributed by atoms with Crippen LogP contribution < -0.4 is 0 Å². The van der Waals surface area contributed by atoms with Gasteiger partial charge in [0.25, 0.3) is 0 Å². The first-order valence-corrected chi connectivity index (χ1v) is 6.35. The summed E-state index contributed by atoms with van der Waals surface area (Å²) in [6, 6.07) is 8.25. The number of carbonyl (C=O) groups is 2. The number of nitrogens with zero attached hydrogens (tertiary/aromatic N) is 1. The number of ether oxygens (including phenoxy) is 1. The van der Waals surface area contributed by atoms with Crippen LogP contribution in [0, 0.1) is 0 Å². The van der Waals surface area contributed by atoms with Gasteiger partial charge in [-0.15, -0.1) is 0 Å². The van der Waals surface area contributed by atoms with Crippen LogP contribution in [-0.4, -0.2) is 33.6 Å². The molecule has 1 aromatic carbocycles. The molecule has 6 nitrogen and oxygen atoms in total. The third-order valence-electron chi connectivity index (χ3n) is 2.63. The number of hydrogen-bond donors (Lipinski definition) is 1. The Morgan fingerprint density at radius 1 is 1.42 bits per heavy atom. The highest BCUT2D eigenvalue weighted by atomic mass is 32.2. The number of amides is 1. The maximum Gasteiger partial charge on any atom is 0.420 e. The third-order valence-corrected chi connectivity index (χ3v) is 3.56. The molecule has 0 radical (unpaired) electrons. The van der Waals surface area contributed by atoms with Gasteiger partial charge in [-0.3, -0.25) is 4.18 Å². The summed E-state index contributed by atoms with van der Waals surface area (Å²) in [6.45, 7) is 1.74. The summed E-state index contributed by atoms with van der Waals surface area (Å²) in [5.41, 5.74) is 0.844. The van der Waals surface area contributed by atoms with Gasteiger partial charge in [-0.05, 0) is 12.5 Å². The van der Waals surface area contributed by atoms with E-state index in [0.717, 1.165) is 9.87 Å². The Labute approximate surface area is 114 Å². The van der Waals surface area contributed by atoms with E-state index in [9.17, 15) is 9.59 Å². The van der Waals surface area contributed by atoms with Crippen molar-refractivity contribution in [2.45, 2.75) is 25.7 Å². The van der Waals surface area contributed by atoms with Crippen LogP contribution in [0.3, 0.4) is 0 Å². The average Bonchev–Trinajstić information content (AvgIpc) is 2.79. The lowest BCUT2D eigenvalue weighted by atomic mass is 10.2. The second kappa shape index (κ2) is 5.94. The van der Waals surface area contributed by atoms with Crippen molar-refractivity contribution in [3.05, 3.63) is 35.9 Å². The lowest BCUT2D eigenvalue weighted by Gasteiger charge is -2.18. The molecule has 1 heterocycles. The third kappa shape index (κ3) is 3.18. The molecule has 1 aliphatic heterocycles. The highest BCUT2D eigenvalue weighted by Gasteiger charge is 2.43. The van der Waals surface area contributed by atoms with E-state index in [1.165, 1.54) is 0 Å². The van der Waals surface area contributed by atoms with Gasteiger partial charge in [0.15, 0.2) is 6.04 Å². The summed E-state index contributed by atoms with van der Waals surface area (Å²) >= 11 is 0.650. The number of carbonyl (C=O) groups excluding carboxylic acids is 1. The predicted octanol–water partition coefficient (Wildman–Crippen LogP) is 2.06. The number of benzene rings is 1. The molecule has 19 heavy (non-hydrogen) atoms. The number of carboxylic acid groups (broad SMARTS) is 1. The van der Waals surface area contributed by atoms with Crippen LogP contribution in [0.15, 0.2) is 30.3 Å². The van der Waals surface area contributed by atoms with E-state index in [2.05, 4.69) is 0 Å². The molecule has 0 aliphatic carbocycles. The van der Waals surface area contributed by atoms with Crippen molar-refractivity contribution in [3.63, 3.8) is 0 Å². The predicted molar refractivity (Wildman–Crippen MR) is 68.0 cm³/mol. The van der Waals surface area contributed by atoms with Crippen molar-refractivity contribution >= 4 is 24.3 Å². The topological polar surface area (TPSA) is 76.1 Å². The standard InChI is InChI=1S/C12H13NO5S/c1-8-10(13(12(15)16)19-18-8)11(14)17-7-9-5-3-2-4-6-9/h2-6,8,10H,7H2,1H3,(H,15,16)/t8-,10+/m1/s1. The first kappa shape index (κ1) is 13.7. The van der Waals surface area contributed by atoms with Crippen LogP contribution in [0.25, 0.3) is 0 Å². The van der Waals surface area contributed by atoms with Crippen molar-refractivity contribution in [1.82, 2.24) is 4.31 Å². The Bertz CT molecular complexity index is 466. The molecule has 0 bridgehead atoms. The van der Waals surface area contributed by atoms with Crippen LogP contribution in [0.2, 0.25) is 0 Å². The minimum atomic E-state index is -1.23. The van der Waals surface area contributed by atoms with E-state index in [4.69, 9.17) is 14.0 Å². The number of hydrogen-bond acceptors (Lipinski definition) is 5. The maximum absolute atomic E-state index is 11.9. The fourth-order valence-corrected chi connectivity index (χ4v) is 2.40. The van der Waals surface area contributed by atoms with Gasteiger partial charge in [-0.1, -0.05) is 30.3 Å². The Balaban J connectivity index is 1.97. The number of rotatable bonds is 3. The molecule has 1 N–H and O–H groups in total. The number of esters is 1. The van der Waals surface area contributed by atoms with Crippen molar-refractivity contribution < 1.29 is 23.6 Å². The van der Waals surface area contributed by atoms with Gasteiger partial charge in [-0.2, -0.15) is 0 Å². The highest BCUT2D eigenvalue weighted by molar-refractivity contribution is 7.93. The summed E-state index contributed by atoms with van der Waals surface area (Å²) in [4.78, 5) is 22.9. The molecular weight excluding hydrogens is 270 g/mol. The van der Waals surface area contributed by atoms with Gasteiger partial charge in [0.1, 0.15) is 24.9 Å². The van der Waals surface area contributed by atoms with Crippen LogP contribution in [-0.2, 0) is 20.3 Å². The molecule has 1 aliphatic rings. The zero-order valence-corrected chi connectivity index (χ0v) is 11.0. The normalized spacial score (nSPS) is 22.3. The molecule has 0 unspecified atom stereocenters. The van der Waals surface area contributed by atoms with Crippen LogP contribution in [0.5, 0.6) is 0 Å². The molecule has 7 heteroatoms. The molecule has 0 aromatic heterocycles. The maximum atomic E-state index is 11.9. The SMILES string of the molecule is C[C@H]1OSN(C(=O)O)[C@@H]1C(=O)OCc1ccccc1. The molecule has 0 saturated carbocycles. The van der Waals surface area contributed by atoms with Crippen molar-refractivity contribution in [2.75, 3.05) is 0 Å². The Kier molecular flexibility index (Phi) is 4.28. The highest BCUT2D eigenvalue weighted by Crippen LogP contribution is 2.31. The Hall–Kier alpha value is -1.73. The fraction of sp³-hybridized carbons (Fsp3) is 0.333. The van der Waals surface area contributed by atoms with E-state index in [0.29, 0.717) is 12.2 Å². The molecule has 1 aromatic rings. The average molecular weight is 283 g/mol. The van der Waals surface area contributed by atoms with Crippen LogP contribution >= 0.6 is 12.2 Å². The van der Waals surface area contributed by atoms with E-state index in [-0.39, 0.29) is 6.61 Å². The summed E-state index contributed by atoms with van der Waals surface area (Å²) in [7, 11) is 0. The molecule has 102 valence electrons. The summed E-state index contributed by atoms with van der Waals surface area (Å²) in [6.07, 6.45) is -1.76. The second-order valence-electron chi connectivity index (χ2n) is 4.02. The lowest BCUT2D eigenvalue weighted by Crippen LogP contribution is -2.42.